The molecule has 1 aromatic heterocycles. The van der Waals surface area contributed by atoms with Gasteiger partial charge < -0.3 is 0 Å². The maximum atomic E-state index is 12.3. The number of halogens is 2. The molecule has 0 aliphatic heterocycles. The zero-order chi connectivity index (χ0) is 17.2. The van der Waals surface area contributed by atoms with Crippen LogP contribution in [0.4, 0.5) is 0 Å². The predicted octanol–water partition coefficient (Wildman–Crippen LogP) is 4.09. The van der Waals surface area contributed by atoms with Crippen molar-refractivity contribution in [2.45, 2.75) is 25.2 Å². The zero-order valence-corrected chi connectivity index (χ0v) is 15.7. The summed E-state index contributed by atoms with van der Waals surface area (Å²) in [6.45, 7) is 3.44. The summed E-state index contributed by atoms with van der Waals surface area (Å²) in [6.07, 6.45) is 0.501. The van der Waals surface area contributed by atoms with Crippen LogP contribution in [0, 0.1) is 6.92 Å². The summed E-state index contributed by atoms with van der Waals surface area (Å²) in [5.74, 6) is 0.00486. The Morgan fingerprint density at radius 2 is 1.91 bits per heavy atom. The fourth-order valence-electron chi connectivity index (χ4n) is 1.92. The van der Waals surface area contributed by atoms with Crippen molar-refractivity contribution in [1.29, 1.82) is 0 Å². The molecule has 0 spiro atoms. The summed E-state index contributed by atoms with van der Waals surface area (Å²) in [6, 6.07) is 6.45. The molecule has 0 aliphatic rings. The van der Waals surface area contributed by atoms with Crippen LogP contribution < -0.4 is 4.72 Å². The number of aryl methyl sites for hydroxylation is 1. The monoisotopic (exact) mass is 391 g/mol. The van der Waals surface area contributed by atoms with E-state index in [1.165, 1.54) is 30.4 Å². The van der Waals surface area contributed by atoms with Gasteiger partial charge >= 0.3 is 0 Å². The molecule has 1 N–H and O–H groups in total. The van der Waals surface area contributed by atoms with Gasteiger partial charge in [-0.2, -0.15) is 0 Å². The highest BCUT2D eigenvalue weighted by Crippen LogP contribution is 2.28. The Morgan fingerprint density at radius 1 is 1.22 bits per heavy atom. The first-order valence-electron chi connectivity index (χ1n) is 6.75. The third-order valence-electron chi connectivity index (χ3n) is 3.17. The molecule has 8 heteroatoms. The fraction of sp³-hybridized carbons (Fsp3) is 0.267. The van der Waals surface area contributed by atoms with E-state index in [9.17, 15) is 13.2 Å². The van der Waals surface area contributed by atoms with Crippen LogP contribution in [0.25, 0.3) is 0 Å². The highest BCUT2D eigenvalue weighted by Gasteiger charge is 2.19. The second kappa shape index (κ2) is 7.32. The molecule has 0 radical (unpaired) electrons. The van der Waals surface area contributed by atoms with Gasteiger partial charge in [0, 0.05) is 16.4 Å². The molecule has 0 fully saturated rings. The van der Waals surface area contributed by atoms with Gasteiger partial charge in [0.15, 0.2) is 5.78 Å². The third-order valence-corrected chi connectivity index (χ3v) is 6.75. The molecule has 0 saturated heterocycles. The zero-order valence-electron chi connectivity index (χ0n) is 12.5. The SMILES string of the molecule is CC(=O)c1ccc(CCNS(=O)(=O)c2cc(C)c(Cl)cc2Cl)s1. The van der Waals surface area contributed by atoms with Crippen molar-refractivity contribution >= 4 is 50.3 Å². The molecule has 0 amide bonds. The van der Waals surface area contributed by atoms with Crippen LogP contribution in [-0.4, -0.2) is 20.7 Å². The number of nitrogens with one attached hydrogen (secondary N) is 1. The quantitative estimate of drug-likeness (QED) is 0.754. The summed E-state index contributed by atoms with van der Waals surface area (Å²) in [5, 5.41) is 0.507. The van der Waals surface area contributed by atoms with Crippen molar-refractivity contribution < 1.29 is 13.2 Å². The Balaban J connectivity index is 2.07. The molecule has 1 aromatic carbocycles. The Morgan fingerprint density at radius 3 is 2.52 bits per heavy atom. The third kappa shape index (κ3) is 4.55. The number of hydrogen-bond donors (Lipinski definition) is 1. The van der Waals surface area contributed by atoms with Crippen LogP contribution in [0.5, 0.6) is 0 Å². The van der Waals surface area contributed by atoms with E-state index in [4.69, 9.17) is 23.2 Å². The molecule has 0 bridgehead atoms. The van der Waals surface area contributed by atoms with Gasteiger partial charge in [-0.15, -0.1) is 11.3 Å². The van der Waals surface area contributed by atoms with Gasteiger partial charge in [-0.05, 0) is 50.1 Å². The molecule has 23 heavy (non-hydrogen) atoms. The number of hydrogen-bond acceptors (Lipinski definition) is 4. The van der Waals surface area contributed by atoms with Crippen molar-refractivity contribution in [3.63, 3.8) is 0 Å². The molecule has 124 valence electrons. The first-order chi connectivity index (χ1) is 10.7. The summed E-state index contributed by atoms with van der Waals surface area (Å²) in [7, 11) is -3.71. The van der Waals surface area contributed by atoms with Crippen molar-refractivity contribution in [2.24, 2.45) is 0 Å². The van der Waals surface area contributed by atoms with E-state index in [1.54, 1.807) is 13.0 Å². The minimum atomic E-state index is -3.71. The number of thiophene rings is 1. The van der Waals surface area contributed by atoms with E-state index in [1.807, 2.05) is 6.07 Å². The fourth-order valence-corrected chi connectivity index (χ4v) is 4.69. The lowest BCUT2D eigenvalue weighted by Crippen LogP contribution is -2.26. The number of Topliss-reactive ketones (excluding diaryl/α,β-unsaturated/α-hetero) is 1. The average Bonchev–Trinajstić information content (AvgIpc) is 2.91. The van der Waals surface area contributed by atoms with Crippen LogP contribution in [0.3, 0.4) is 0 Å². The Bertz CT molecular complexity index is 844. The number of ketones is 1. The first kappa shape index (κ1) is 18.4. The molecular weight excluding hydrogens is 377 g/mol. The van der Waals surface area contributed by atoms with Crippen molar-refractivity contribution in [3.8, 4) is 0 Å². The topological polar surface area (TPSA) is 63.2 Å². The van der Waals surface area contributed by atoms with Crippen LogP contribution in [-0.2, 0) is 16.4 Å². The molecule has 0 saturated carbocycles. The number of sulfonamides is 1. The summed E-state index contributed by atoms with van der Waals surface area (Å²) < 4.78 is 27.2. The summed E-state index contributed by atoms with van der Waals surface area (Å²) in [5.41, 5.74) is 0.640. The van der Waals surface area contributed by atoms with Crippen LogP contribution in [0.15, 0.2) is 29.2 Å². The lowest BCUT2D eigenvalue weighted by Gasteiger charge is -2.09. The Labute approximate surface area is 149 Å². The number of carbonyl (C=O) groups is 1. The number of benzene rings is 1. The van der Waals surface area contributed by atoms with E-state index in [2.05, 4.69) is 4.72 Å². The second-order valence-corrected chi connectivity index (χ2v) is 8.72. The minimum Gasteiger partial charge on any atom is -0.294 e. The number of rotatable bonds is 6. The normalized spacial score (nSPS) is 11.7. The molecule has 0 atom stereocenters. The lowest BCUT2D eigenvalue weighted by molar-refractivity contribution is 0.102. The molecule has 4 nitrogen and oxygen atoms in total. The van der Waals surface area contributed by atoms with Gasteiger partial charge in [-0.1, -0.05) is 23.2 Å². The maximum absolute atomic E-state index is 12.3. The minimum absolute atomic E-state index is 0.00486. The smallest absolute Gasteiger partial charge is 0.242 e. The van der Waals surface area contributed by atoms with E-state index < -0.39 is 10.0 Å². The first-order valence-corrected chi connectivity index (χ1v) is 9.81. The molecule has 2 rings (SSSR count). The van der Waals surface area contributed by atoms with Crippen molar-refractivity contribution in [1.82, 2.24) is 4.72 Å². The predicted molar refractivity (Wildman–Crippen MR) is 94.4 cm³/mol. The van der Waals surface area contributed by atoms with E-state index in [-0.39, 0.29) is 22.2 Å². The molecule has 1 heterocycles. The molecular formula is C15H15Cl2NO3S2. The standard InChI is InChI=1S/C15H15Cl2NO3S2/c1-9-7-15(13(17)8-12(9)16)23(20,21)18-6-5-11-3-4-14(22-11)10(2)19/h3-4,7-8,18H,5-6H2,1-2H3. The Hall–Kier alpha value is -0.920. The van der Waals surface area contributed by atoms with E-state index >= 15 is 0 Å². The van der Waals surface area contributed by atoms with Gasteiger partial charge in [0.1, 0.15) is 4.90 Å². The highest BCUT2D eigenvalue weighted by molar-refractivity contribution is 7.89. The van der Waals surface area contributed by atoms with Crippen molar-refractivity contribution in [3.05, 3.63) is 49.6 Å². The second-order valence-electron chi connectivity index (χ2n) is 5.00. The average molecular weight is 392 g/mol. The van der Waals surface area contributed by atoms with Gasteiger partial charge in [0.2, 0.25) is 10.0 Å². The van der Waals surface area contributed by atoms with E-state index in [0.717, 1.165) is 4.88 Å². The van der Waals surface area contributed by atoms with Gasteiger partial charge in [0.05, 0.1) is 9.90 Å². The largest absolute Gasteiger partial charge is 0.294 e. The summed E-state index contributed by atoms with van der Waals surface area (Å²) in [4.78, 5) is 12.9. The lowest BCUT2D eigenvalue weighted by atomic mass is 10.2. The van der Waals surface area contributed by atoms with Gasteiger partial charge in [0.25, 0.3) is 0 Å². The maximum Gasteiger partial charge on any atom is 0.242 e. The number of carbonyl (C=O) groups excluding carboxylic acids is 1. The van der Waals surface area contributed by atoms with Crippen LogP contribution >= 0.6 is 34.5 Å². The van der Waals surface area contributed by atoms with E-state index in [0.29, 0.717) is 21.9 Å². The van der Waals surface area contributed by atoms with Crippen molar-refractivity contribution in [2.75, 3.05) is 6.54 Å². The molecule has 0 unspecified atom stereocenters. The van der Waals surface area contributed by atoms with Crippen LogP contribution in [0.2, 0.25) is 10.0 Å². The Kier molecular flexibility index (Phi) is 5.86. The van der Waals surface area contributed by atoms with Crippen LogP contribution in [0.1, 0.15) is 27.0 Å². The van der Waals surface area contributed by atoms with Gasteiger partial charge in [-0.25, -0.2) is 13.1 Å². The molecule has 2 aromatic rings. The summed E-state index contributed by atoms with van der Waals surface area (Å²) >= 11 is 13.3. The molecule has 0 aliphatic carbocycles. The van der Waals surface area contributed by atoms with Gasteiger partial charge in [-0.3, -0.25) is 4.79 Å². The highest BCUT2D eigenvalue weighted by atomic mass is 35.5.